The van der Waals surface area contributed by atoms with Gasteiger partial charge in [-0.05, 0) is 31.0 Å². The average Bonchev–Trinajstić information content (AvgIpc) is 2.49. The van der Waals surface area contributed by atoms with Gasteiger partial charge in [0.05, 0.1) is 5.69 Å². The lowest BCUT2D eigenvalue weighted by atomic mass is 10.1. The van der Waals surface area contributed by atoms with E-state index >= 15 is 0 Å². The molecule has 0 amide bonds. The SMILES string of the molecule is CCC(C(=O)O)n1c(-c2ccc(C)cc2)ccc(C(=O)O)c1=O. The van der Waals surface area contributed by atoms with E-state index in [0.717, 1.165) is 10.1 Å². The maximum atomic E-state index is 12.5. The van der Waals surface area contributed by atoms with Crippen LogP contribution in [-0.4, -0.2) is 26.7 Å². The minimum atomic E-state index is -1.38. The number of carbonyl (C=O) groups is 2. The third-order valence-electron chi connectivity index (χ3n) is 3.68. The van der Waals surface area contributed by atoms with E-state index in [1.165, 1.54) is 12.1 Å². The van der Waals surface area contributed by atoms with E-state index in [2.05, 4.69) is 0 Å². The second-order valence-electron chi connectivity index (χ2n) is 5.24. The molecule has 6 heteroatoms. The lowest BCUT2D eigenvalue weighted by Crippen LogP contribution is -2.34. The summed E-state index contributed by atoms with van der Waals surface area (Å²) in [6, 6.07) is 8.80. The molecule has 23 heavy (non-hydrogen) atoms. The molecular formula is C17H17NO5. The molecule has 0 aliphatic rings. The Kier molecular flexibility index (Phi) is 4.64. The van der Waals surface area contributed by atoms with Crippen molar-refractivity contribution in [1.29, 1.82) is 0 Å². The number of pyridine rings is 1. The second kappa shape index (κ2) is 6.48. The zero-order chi connectivity index (χ0) is 17.1. The molecule has 1 heterocycles. The molecule has 2 rings (SSSR count). The fourth-order valence-electron chi connectivity index (χ4n) is 2.45. The van der Waals surface area contributed by atoms with Crippen molar-refractivity contribution < 1.29 is 19.8 Å². The van der Waals surface area contributed by atoms with Crippen molar-refractivity contribution in [2.75, 3.05) is 0 Å². The van der Waals surface area contributed by atoms with Crippen LogP contribution < -0.4 is 5.56 Å². The molecule has 1 atom stereocenters. The van der Waals surface area contributed by atoms with Crippen LogP contribution in [0.4, 0.5) is 0 Å². The highest BCUT2D eigenvalue weighted by molar-refractivity contribution is 5.88. The number of carboxylic acid groups (broad SMARTS) is 2. The lowest BCUT2D eigenvalue weighted by molar-refractivity contribution is -0.141. The smallest absolute Gasteiger partial charge is 0.341 e. The summed E-state index contributed by atoms with van der Waals surface area (Å²) in [7, 11) is 0. The molecule has 0 fully saturated rings. The Morgan fingerprint density at radius 2 is 1.70 bits per heavy atom. The van der Waals surface area contributed by atoms with Crippen molar-refractivity contribution in [3.05, 3.63) is 57.9 Å². The first-order chi connectivity index (χ1) is 10.9. The van der Waals surface area contributed by atoms with Gasteiger partial charge in [-0.2, -0.15) is 0 Å². The molecule has 1 aromatic heterocycles. The first-order valence-electron chi connectivity index (χ1n) is 7.15. The van der Waals surface area contributed by atoms with Crippen molar-refractivity contribution in [1.82, 2.24) is 4.57 Å². The van der Waals surface area contributed by atoms with Crippen molar-refractivity contribution in [3.63, 3.8) is 0 Å². The predicted molar refractivity (Wildman–Crippen MR) is 84.8 cm³/mol. The number of aryl methyl sites for hydroxylation is 1. The molecular weight excluding hydrogens is 298 g/mol. The number of aromatic nitrogens is 1. The average molecular weight is 315 g/mol. The molecule has 1 unspecified atom stereocenters. The number of carboxylic acids is 2. The van der Waals surface area contributed by atoms with Gasteiger partial charge < -0.3 is 10.2 Å². The number of hydrogen-bond donors (Lipinski definition) is 2. The summed E-state index contributed by atoms with van der Waals surface area (Å²) in [4.78, 5) is 35.2. The van der Waals surface area contributed by atoms with Gasteiger partial charge in [-0.25, -0.2) is 9.59 Å². The molecule has 0 aliphatic carbocycles. The molecule has 0 bridgehead atoms. The molecule has 0 aliphatic heterocycles. The zero-order valence-corrected chi connectivity index (χ0v) is 12.8. The van der Waals surface area contributed by atoms with Gasteiger partial charge in [-0.15, -0.1) is 0 Å². The Bertz CT molecular complexity index is 805. The Hall–Kier alpha value is -2.89. The fourth-order valence-corrected chi connectivity index (χ4v) is 2.45. The number of aliphatic carboxylic acids is 1. The van der Waals surface area contributed by atoms with Crippen molar-refractivity contribution >= 4 is 11.9 Å². The lowest BCUT2D eigenvalue weighted by Gasteiger charge is -2.19. The van der Waals surface area contributed by atoms with E-state index in [-0.39, 0.29) is 6.42 Å². The minimum Gasteiger partial charge on any atom is -0.480 e. The number of aromatic carboxylic acids is 1. The predicted octanol–water partition coefficient (Wildman–Crippen LogP) is 2.56. The molecule has 2 N–H and O–H groups in total. The summed E-state index contributed by atoms with van der Waals surface area (Å²) in [5.41, 5.74) is 0.805. The Morgan fingerprint density at radius 1 is 1.09 bits per heavy atom. The zero-order valence-electron chi connectivity index (χ0n) is 12.8. The molecule has 1 aromatic carbocycles. The van der Waals surface area contributed by atoms with E-state index in [9.17, 15) is 19.5 Å². The normalized spacial score (nSPS) is 11.9. The molecule has 0 spiro atoms. The van der Waals surface area contributed by atoms with Gasteiger partial charge >= 0.3 is 11.9 Å². The van der Waals surface area contributed by atoms with Gasteiger partial charge in [0, 0.05) is 0 Å². The Morgan fingerprint density at radius 3 is 2.17 bits per heavy atom. The third kappa shape index (κ3) is 3.15. The number of rotatable bonds is 5. The first kappa shape index (κ1) is 16.5. The highest BCUT2D eigenvalue weighted by Gasteiger charge is 2.25. The van der Waals surface area contributed by atoms with Crippen LogP contribution in [0.25, 0.3) is 11.3 Å². The summed E-state index contributed by atoms with van der Waals surface area (Å²) in [5, 5.41) is 18.5. The number of nitrogens with zero attached hydrogens (tertiary/aromatic N) is 1. The largest absolute Gasteiger partial charge is 0.480 e. The van der Waals surface area contributed by atoms with Crippen LogP contribution in [0.15, 0.2) is 41.2 Å². The number of hydrogen-bond acceptors (Lipinski definition) is 3. The molecule has 120 valence electrons. The molecule has 0 saturated heterocycles. The van der Waals surface area contributed by atoms with Crippen LogP contribution in [0.5, 0.6) is 0 Å². The van der Waals surface area contributed by atoms with Crippen LogP contribution in [0.3, 0.4) is 0 Å². The Balaban J connectivity index is 2.79. The summed E-state index contributed by atoms with van der Waals surface area (Å²) in [6.07, 6.45) is 0.164. The molecule has 2 aromatic rings. The third-order valence-corrected chi connectivity index (χ3v) is 3.68. The molecule has 0 radical (unpaired) electrons. The van der Waals surface area contributed by atoms with Crippen molar-refractivity contribution in [3.8, 4) is 11.3 Å². The van der Waals surface area contributed by atoms with Gasteiger partial charge in [0.25, 0.3) is 5.56 Å². The molecule has 0 saturated carbocycles. The minimum absolute atomic E-state index is 0.164. The van der Waals surface area contributed by atoms with Crippen molar-refractivity contribution in [2.45, 2.75) is 26.3 Å². The second-order valence-corrected chi connectivity index (χ2v) is 5.24. The van der Waals surface area contributed by atoms with E-state index in [4.69, 9.17) is 5.11 Å². The standard InChI is InChI=1S/C17H17NO5/c1-3-13(17(22)23)18-14(11-6-4-10(2)5-7-11)9-8-12(15(18)19)16(20)21/h4-9,13H,3H2,1-2H3,(H,20,21)(H,22,23). The van der Waals surface area contributed by atoms with Gasteiger partial charge in [0.1, 0.15) is 11.6 Å². The molecule has 6 nitrogen and oxygen atoms in total. The quantitative estimate of drug-likeness (QED) is 0.884. The number of benzene rings is 1. The highest BCUT2D eigenvalue weighted by atomic mass is 16.4. The van der Waals surface area contributed by atoms with Gasteiger partial charge in [0.15, 0.2) is 0 Å². The van der Waals surface area contributed by atoms with E-state index in [1.807, 2.05) is 19.1 Å². The maximum absolute atomic E-state index is 12.5. The maximum Gasteiger partial charge on any atom is 0.341 e. The fraction of sp³-hybridized carbons (Fsp3) is 0.235. The summed E-state index contributed by atoms with van der Waals surface area (Å²) >= 11 is 0. The monoisotopic (exact) mass is 315 g/mol. The van der Waals surface area contributed by atoms with Crippen molar-refractivity contribution in [2.24, 2.45) is 0 Å². The van der Waals surface area contributed by atoms with Gasteiger partial charge in [-0.1, -0.05) is 36.8 Å². The summed E-state index contributed by atoms with van der Waals surface area (Å²) < 4.78 is 1.05. The van der Waals surface area contributed by atoms with Gasteiger partial charge in [0.2, 0.25) is 0 Å². The summed E-state index contributed by atoms with van der Waals surface area (Å²) in [6.45, 7) is 3.55. The highest BCUT2D eigenvalue weighted by Crippen LogP contribution is 2.23. The summed E-state index contributed by atoms with van der Waals surface area (Å²) in [5.74, 6) is -2.55. The van der Waals surface area contributed by atoms with Crippen LogP contribution in [0.2, 0.25) is 0 Å². The Labute approximate surface area is 132 Å². The van der Waals surface area contributed by atoms with E-state index < -0.39 is 29.1 Å². The first-order valence-corrected chi connectivity index (χ1v) is 7.15. The van der Waals surface area contributed by atoms with Crippen LogP contribution >= 0.6 is 0 Å². The van der Waals surface area contributed by atoms with E-state index in [1.54, 1.807) is 19.1 Å². The topological polar surface area (TPSA) is 96.6 Å². The van der Waals surface area contributed by atoms with Crippen LogP contribution in [0.1, 0.15) is 35.3 Å². The van der Waals surface area contributed by atoms with Crippen LogP contribution in [0, 0.1) is 6.92 Å². The van der Waals surface area contributed by atoms with Gasteiger partial charge in [-0.3, -0.25) is 9.36 Å². The van der Waals surface area contributed by atoms with E-state index in [0.29, 0.717) is 11.3 Å². The van der Waals surface area contributed by atoms with Crippen LogP contribution in [-0.2, 0) is 4.79 Å².